The highest BCUT2D eigenvalue weighted by Gasteiger charge is 2.63. The highest BCUT2D eigenvalue weighted by molar-refractivity contribution is 5.87. The number of aromatic amines is 1. The molecular weight excluding hydrogens is 476 g/mol. The van der Waals surface area contributed by atoms with Gasteiger partial charge in [-0.15, -0.1) is 0 Å². The van der Waals surface area contributed by atoms with Gasteiger partial charge in [-0.1, -0.05) is 24.3 Å². The molecule has 2 bridgehead atoms. The Bertz CT molecular complexity index is 1400. The molecule has 1 amide bonds. The zero-order valence-electron chi connectivity index (χ0n) is 22.5. The molecule has 7 heteroatoms. The molecule has 2 aliphatic carbocycles. The maximum atomic E-state index is 13.6. The second kappa shape index (κ2) is 8.82. The average Bonchev–Trinajstić information content (AvgIpc) is 3.67. The van der Waals surface area contributed by atoms with Crippen LogP contribution in [0.4, 0.5) is 0 Å². The second-order valence-corrected chi connectivity index (χ2v) is 12.2. The first-order valence-electron chi connectivity index (χ1n) is 14.3. The molecule has 1 saturated carbocycles. The number of para-hydroxylation sites is 1. The van der Waals surface area contributed by atoms with E-state index in [0.29, 0.717) is 25.9 Å². The minimum absolute atomic E-state index is 0.0868. The number of ether oxygens (including phenoxy) is 1. The van der Waals surface area contributed by atoms with Gasteiger partial charge in [0.15, 0.2) is 0 Å². The van der Waals surface area contributed by atoms with E-state index in [1.807, 2.05) is 29.2 Å². The number of rotatable bonds is 5. The minimum Gasteiger partial charge on any atom is -0.496 e. The van der Waals surface area contributed by atoms with Crippen LogP contribution in [0.25, 0.3) is 10.9 Å². The number of fused-ring (bicyclic) bond motifs is 2. The van der Waals surface area contributed by atoms with Crippen LogP contribution in [-0.4, -0.2) is 75.9 Å². The van der Waals surface area contributed by atoms with Crippen LogP contribution in [0.2, 0.25) is 0 Å². The number of carbonyl (C=O) groups is 1. The normalized spacial score (nSPS) is 29.0. The van der Waals surface area contributed by atoms with E-state index >= 15 is 0 Å². The van der Waals surface area contributed by atoms with Crippen molar-refractivity contribution in [3.63, 3.8) is 0 Å². The lowest BCUT2D eigenvalue weighted by atomic mass is 9.52. The van der Waals surface area contributed by atoms with Gasteiger partial charge in [0.05, 0.1) is 30.3 Å². The predicted molar refractivity (Wildman–Crippen MR) is 146 cm³/mol. The summed E-state index contributed by atoms with van der Waals surface area (Å²) in [6, 6.07) is 12.5. The number of methoxy groups -OCH3 is 1. The highest BCUT2D eigenvalue weighted by Crippen LogP contribution is 2.57. The summed E-state index contributed by atoms with van der Waals surface area (Å²) < 4.78 is 5.76. The molecule has 1 aromatic heterocycles. The molecule has 4 aliphatic rings. The Morgan fingerprint density at radius 1 is 1.16 bits per heavy atom. The molecule has 2 aromatic carbocycles. The fraction of sp³-hybridized carbons (Fsp3) is 0.548. The molecule has 0 unspecified atom stereocenters. The van der Waals surface area contributed by atoms with Crippen molar-refractivity contribution in [3.05, 3.63) is 58.8 Å². The third-order valence-corrected chi connectivity index (χ3v) is 10.2. The van der Waals surface area contributed by atoms with Gasteiger partial charge in [0.1, 0.15) is 5.75 Å². The first-order valence-corrected chi connectivity index (χ1v) is 14.3. The number of aromatic nitrogens is 2. The number of aliphatic hydroxyl groups is 1. The molecule has 7 nitrogen and oxygen atoms in total. The Kier molecular flexibility index (Phi) is 5.61. The van der Waals surface area contributed by atoms with Gasteiger partial charge < -0.3 is 14.7 Å². The van der Waals surface area contributed by atoms with E-state index in [1.54, 1.807) is 7.11 Å². The first-order chi connectivity index (χ1) is 18.4. The topological polar surface area (TPSA) is 81.7 Å². The van der Waals surface area contributed by atoms with Crippen molar-refractivity contribution in [2.45, 2.75) is 68.9 Å². The van der Waals surface area contributed by atoms with Gasteiger partial charge in [-0.2, -0.15) is 5.10 Å². The van der Waals surface area contributed by atoms with Crippen molar-refractivity contribution in [3.8, 4) is 5.75 Å². The lowest BCUT2D eigenvalue weighted by Crippen LogP contribution is -2.71. The Balaban J connectivity index is 1.23. The Labute approximate surface area is 224 Å². The number of hydrogen-bond donors (Lipinski definition) is 2. The third-order valence-electron chi connectivity index (χ3n) is 10.2. The number of H-pyrrole nitrogens is 1. The van der Waals surface area contributed by atoms with Crippen molar-refractivity contribution >= 4 is 16.8 Å². The number of carbonyl (C=O) groups excluding carboxylic acids is 1. The lowest BCUT2D eigenvalue weighted by molar-refractivity contribution is -0.149. The molecule has 3 heterocycles. The largest absolute Gasteiger partial charge is 0.496 e. The lowest BCUT2D eigenvalue weighted by Gasteiger charge is -2.61. The second-order valence-electron chi connectivity index (χ2n) is 12.2. The number of aryl methyl sites for hydroxylation is 1. The molecule has 3 atom stereocenters. The third kappa shape index (κ3) is 3.62. The van der Waals surface area contributed by atoms with Crippen LogP contribution in [0.1, 0.15) is 54.5 Å². The Morgan fingerprint density at radius 2 is 1.95 bits per heavy atom. The number of nitrogens with one attached hydrogen (secondary N) is 1. The van der Waals surface area contributed by atoms with E-state index in [1.165, 1.54) is 24.0 Å². The summed E-state index contributed by atoms with van der Waals surface area (Å²) in [4.78, 5) is 18.2. The smallest absolute Gasteiger partial charge is 0.228 e. The molecule has 0 radical (unpaired) electrons. The van der Waals surface area contributed by atoms with Crippen LogP contribution >= 0.6 is 0 Å². The molecule has 3 aromatic rings. The molecule has 7 rings (SSSR count). The van der Waals surface area contributed by atoms with Crippen LogP contribution in [0.3, 0.4) is 0 Å². The van der Waals surface area contributed by atoms with Crippen LogP contribution in [0.15, 0.2) is 36.4 Å². The number of amides is 1. The van der Waals surface area contributed by atoms with Crippen molar-refractivity contribution < 1.29 is 14.6 Å². The maximum absolute atomic E-state index is 13.6. The van der Waals surface area contributed by atoms with E-state index in [4.69, 9.17) is 4.74 Å². The molecule has 200 valence electrons. The number of nitrogens with zero attached hydrogens (tertiary/aromatic N) is 3. The molecule has 3 fully saturated rings. The fourth-order valence-electron chi connectivity index (χ4n) is 7.92. The van der Waals surface area contributed by atoms with Crippen LogP contribution in [-0.2, 0) is 23.1 Å². The number of benzene rings is 2. The minimum atomic E-state index is -0.872. The number of piperidine rings is 1. The van der Waals surface area contributed by atoms with Gasteiger partial charge in [0, 0.05) is 36.5 Å². The fourth-order valence-corrected chi connectivity index (χ4v) is 7.92. The van der Waals surface area contributed by atoms with Crippen LogP contribution in [0.5, 0.6) is 5.75 Å². The molecule has 38 heavy (non-hydrogen) atoms. The maximum Gasteiger partial charge on any atom is 0.228 e. The molecule has 2 aliphatic heterocycles. The van der Waals surface area contributed by atoms with Gasteiger partial charge in [-0.05, 0) is 86.7 Å². The van der Waals surface area contributed by atoms with E-state index in [0.717, 1.165) is 66.2 Å². The van der Waals surface area contributed by atoms with E-state index < -0.39 is 5.60 Å². The Hall–Kier alpha value is -2.90. The highest BCUT2D eigenvalue weighted by atomic mass is 16.5. The van der Waals surface area contributed by atoms with Crippen molar-refractivity contribution in [2.24, 2.45) is 5.92 Å². The van der Waals surface area contributed by atoms with Crippen molar-refractivity contribution in [1.29, 1.82) is 0 Å². The summed E-state index contributed by atoms with van der Waals surface area (Å²) in [5.74, 6) is 1.77. The van der Waals surface area contributed by atoms with Gasteiger partial charge in [0.25, 0.3) is 0 Å². The predicted octanol–water partition coefficient (Wildman–Crippen LogP) is 3.75. The average molecular weight is 515 g/mol. The van der Waals surface area contributed by atoms with Gasteiger partial charge >= 0.3 is 0 Å². The zero-order valence-corrected chi connectivity index (χ0v) is 22.5. The van der Waals surface area contributed by atoms with Gasteiger partial charge in [0.2, 0.25) is 5.91 Å². The van der Waals surface area contributed by atoms with Crippen LogP contribution < -0.4 is 4.74 Å². The van der Waals surface area contributed by atoms with E-state index in [2.05, 4.69) is 34.2 Å². The summed E-state index contributed by atoms with van der Waals surface area (Å²) in [6.07, 6.45) is 6.07. The summed E-state index contributed by atoms with van der Waals surface area (Å²) in [5.41, 5.74) is 4.25. The number of likely N-dealkylation sites (tertiary alicyclic amines) is 2. The van der Waals surface area contributed by atoms with Crippen molar-refractivity contribution in [2.75, 3.05) is 33.3 Å². The zero-order chi connectivity index (χ0) is 26.1. The van der Waals surface area contributed by atoms with E-state index in [9.17, 15) is 9.90 Å². The Morgan fingerprint density at radius 3 is 2.76 bits per heavy atom. The summed E-state index contributed by atoms with van der Waals surface area (Å²) >= 11 is 0. The SMILES string of the molecule is COc1cc2c(cc1C)C[C@H]1N(CC3CC3)CC[C@@]23CCN(C(=O)Cc2[nH]nc4ccccc24)CC[C@@]13O. The molecule has 2 N–H and O–H groups in total. The molecule has 2 saturated heterocycles. The summed E-state index contributed by atoms with van der Waals surface area (Å²) in [6.45, 7) is 5.44. The number of hydrogen-bond acceptors (Lipinski definition) is 5. The standard InChI is InChI=1S/C31H38N4O3/c1-20-15-22-16-28-31(37)11-14-34(29(36)18-26-23-5-3-4-6-25(23)32-33-26)12-9-30(31,24(22)17-27(20)38-2)10-13-35(28)19-21-7-8-21/h3-6,15,17,21,28,37H,7-14,16,18-19H2,1-2H3,(H,32,33)/t28-,30+,31-/m1/s1. The summed E-state index contributed by atoms with van der Waals surface area (Å²) in [7, 11) is 1.73. The quantitative estimate of drug-likeness (QED) is 0.542. The van der Waals surface area contributed by atoms with E-state index in [-0.39, 0.29) is 17.4 Å². The monoisotopic (exact) mass is 514 g/mol. The molecular formula is C31H38N4O3. The summed E-state index contributed by atoms with van der Waals surface area (Å²) in [5, 5.41) is 21.3. The molecule has 0 spiro atoms. The van der Waals surface area contributed by atoms with Crippen molar-refractivity contribution in [1.82, 2.24) is 20.0 Å². The van der Waals surface area contributed by atoms with Gasteiger partial charge in [-0.25, -0.2) is 0 Å². The van der Waals surface area contributed by atoms with Crippen LogP contribution in [0, 0.1) is 12.8 Å². The first kappa shape index (κ1) is 24.2. The van der Waals surface area contributed by atoms with Gasteiger partial charge in [-0.3, -0.25) is 14.8 Å².